The molecule has 0 radical (unpaired) electrons. The second-order valence-electron chi connectivity index (χ2n) is 5.53. The van der Waals surface area contributed by atoms with Gasteiger partial charge in [0.1, 0.15) is 5.82 Å². The lowest BCUT2D eigenvalue weighted by Crippen LogP contribution is -2.28. The summed E-state index contributed by atoms with van der Waals surface area (Å²) in [5, 5.41) is 12.6. The monoisotopic (exact) mass is 279 g/mol. The molecule has 110 valence electrons. The van der Waals surface area contributed by atoms with Crippen molar-refractivity contribution in [1.29, 1.82) is 0 Å². The SMILES string of the molecule is O=C(CCC1CCCC1)NCC(O)c1ccccc1F. The van der Waals surface area contributed by atoms with Crippen LogP contribution in [0.2, 0.25) is 0 Å². The molecule has 0 heterocycles. The first-order valence-corrected chi connectivity index (χ1v) is 7.36. The van der Waals surface area contributed by atoms with Gasteiger partial charge in [-0.3, -0.25) is 4.79 Å². The topological polar surface area (TPSA) is 49.3 Å². The Labute approximate surface area is 119 Å². The summed E-state index contributed by atoms with van der Waals surface area (Å²) in [6.45, 7) is 0.0600. The third kappa shape index (κ3) is 4.30. The highest BCUT2D eigenvalue weighted by molar-refractivity contribution is 5.75. The van der Waals surface area contributed by atoms with E-state index in [4.69, 9.17) is 0 Å². The van der Waals surface area contributed by atoms with E-state index in [0.29, 0.717) is 12.3 Å². The summed E-state index contributed by atoms with van der Waals surface area (Å²) < 4.78 is 13.4. The lowest BCUT2D eigenvalue weighted by Gasteiger charge is -2.14. The molecule has 1 amide bonds. The molecule has 0 aromatic heterocycles. The van der Waals surface area contributed by atoms with Crippen molar-refractivity contribution < 1.29 is 14.3 Å². The van der Waals surface area contributed by atoms with E-state index in [0.717, 1.165) is 6.42 Å². The second-order valence-corrected chi connectivity index (χ2v) is 5.53. The highest BCUT2D eigenvalue weighted by Crippen LogP contribution is 2.28. The van der Waals surface area contributed by atoms with E-state index in [9.17, 15) is 14.3 Å². The molecule has 1 unspecified atom stereocenters. The van der Waals surface area contributed by atoms with E-state index >= 15 is 0 Å². The highest BCUT2D eigenvalue weighted by Gasteiger charge is 2.17. The van der Waals surface area contributed by atoms with Crippen molar-refractivity contribution in [3.05, 3.63) is 35.6 Å². The lowest BCUT2D eigenvalue weighted by atomic mass is 10.0. The third-order valence-electron chi connectivity index (χ3n) is 4.01. The molecule has 1 aliphatic carbocycles. The van der Waals surface area contributed by atoms with Gasteiger partial charge in [-0.25, -0.2) is 4.39 Å². The molecule has 1 aromatic carbocycles. The molecule has 1 saturated carbocycles. The zero-order valence-corrected chi connectivity index (χ0v) is 11.6. The fourth-order valence-electron chi connectivity index (χ4n) is 2.79. The predicted octanol–water partition coefficient (Wildman–Crippen LogP) is 2.95. The number of hydrogen-bond acceptors (Lipinski definition) is 2. The molecule has 3 nitrogen and oxygen atoms in total. The second kappa shape index (κ2) is 7.39. The van der Waals surface area contributed by atoms with Gasteiger partial charge in [-0.2, -0.15) is 0 Å². The number of hydrogen-bond donors (Lipinski definition) is 2. The number of benzene rings is 1. The summed E-state index contributed by atoms with van der Waals surface area (Å²) in [6.07, 6.45) is 5.43. The number of nitrogens with one attached hydrogen (secondary N) is 1. The summed E-state index contributed by atoms with van der Waals surface area (Å²) in [4.78, 5) is 11.7. The van der Waals surface area contributed by atoms with Gasteiger partial charge in [0.2, 0.25) is 5.91 Å². The maximum absolute atomic E-state index is 13.4. The Kier molecular flexibility index (Phi) is 5.53. The van der Waals surface area contributed by atoms with Crippen molar-refractivity contribution in [3.63, 3.8) is 0 Å². The normalized spacial score (nSPS) is 17.1. The molecule has 2 N–H and O–H groups in total. The average molecular weight is 279 g/mol. The van der Waals surface area contributed by atoms with Crippen LogP contribution in [0.5, 0.6) is 0 Å². The number of amides is 1. The summed E-state index contributed by atoms with van der Waals surface area (Å²) >= 11 is 0. The third-order valence-corrected chi connectivity index (χ3v) is 4.01. The van der Waals surface area contributed by atoms with Crippen molar-refractivity contribution in [2.24, 2.45) is 5.92 Å². The van der Waals surface area contributed by atoms with Crippen LogP contribution in [0.15, 0.2) is 24.3 Å². The lowest BCUT2D eigenvalue weighted by molar-refractivity contribution is -0.121. The standard InChI is InChI=1S/C16H22FNO2/c17-14-8-4-3-7-13(14)15(19)11-18-16(20)10-9-12-5-1-2-6-12/h3-4,7-8,12,15,19H,1-2,5-6,9-11H2,(H,18,20). The van der Waals surface area contributed by atoms with Crippen molar-refractivity contribution in [2.75, 3.05) is 6.54 Å². The minimum absolute atomic E-state index is 0.0600. The Bertz CT molecular complexity index is 444. The molecule has 1 atom stereocenters. The van der Waals surface area contributed by atoms with Gasteiger partial charge in [0.25, 0.3) is 0 Å². The largest absolute Gasteiger partial charge is 0.386 e. The maximum Gasteiger partial charge on any atom is 0.220 e. The van der Waals surface area contributed by atoms with E-state index in [2.05, 4.69) is 5.32 Å². The smallest absolute Gasteiger partial charge is 0.220 e. The molecule has 1 fully saturated rings. The zero-order chi connectivity index (χ0) is 14.4. The van der Waals surface area contributed by atoms with Gasteiger partial charge in [-0.05, 0) is 18.4 Å². The molecule has 0 spiro atoms. The molecule has 0 saturated heterocycles. The van der Waals surface area contributed by atoms with Crippen LogP contribution >= 0.6 is 0 Å². The zero-order valence-electron chi connectivity index (χ0n) is 11.6. The van der Waals surface area contributed by atoms with Crippen LogP contribution in [0.1, 0.15) is 50.2 Å². The summed E-state index contributed by atoms with van der Waals surface area (Å²) in [7, 11) is 0. The molecule has 1 aliphatic rings. The number of aliphatic hydroxyl groups is 1. The molecule has 20 heavy (non-hydrogen) atoms. The summed E-state index contributed by atoms with van der Waals surface area (Å²) in [5.41, 5.74) is 0.226. The molecule has 0 bridgehead atoms. The molecule has 2 rings (SSSR count). The van der Waals surface area contributed by atoms with Gasteiger partial charge < -0.3 is 10.4 Å². The minimum atomic E-state index is -0.994. The first-order valence-electron chi connectivity index (χ1n) is 7.36. The van der Waals surface area contributed by atoms with Crippen LogP contribution in [0.4, 0.5) is 4.39 Å². The van der Waals surface area contributed by atoms with Crippen molar-refractivity contribution in [1.82, 2.24) is 5.32 Å². The van der Waals surface area contributed by atoms with Crippen LogP contribution in [-0.4, -0.2) is 17.6 Å². The Morgan fingerprint density at radius 1 is 1.35 bits per heavy atom. The van der Waals surface area contributed by atoms with E-state index in [1.807, 2.05) is 0 Å². The number of aliphatic hydroxyl groups excluding tert-OH is 1. The first kappa shape index (κ1) is 15.0. The van der Waals surface area contributed by atoms with Gasteiger partial charge in [-0.1, -0.05) is 43.9 Å². The number of halogens is 1. The average Bonchev–Trinajstić information content (AvgIpc) is 2.96. The fourth-order valence-corrected chi connectivity index (χ4v) is 2.79. The molecular formula is C16H22FNO2. The number of carbonyl (C=O) groups is 1. The van der Waals surface area contributed by atoms with Crippen molar-refractivity contribution >= 4 is 5.91 Å². The summed E-state index contributed by atoms with van der Waals surface area (Å²) in [6, 6.07) is 6.08. The molecule has 0 aliphatic heterocycles. The van der Waals surface area contributed by atoms with E-state index in [1.54, 1.807) is 12.1 Å². The van der Waals surface area contributed by atoms with Crippen LogP contribution in [0.25, 0.3) is 0 Å². The van der Waals surface area contributed by atoms with Crippen molar-refractivity contribution in [3.8, 4) is 0 Å². The van der Waals surface area contributed by atoms with Gasteiger partial charge >= 0.3 is 0 Å². The Morgan fingerprint density at radius 2 is 2.05 bits per heavy atom. The molecule has 4 heteroatoms. The number of carbonyl (C=O) groups excluding carboxylic acids is 1. The Balaban J connectivity index is 1.71. The fraction of sp³-hybridized carbons (Fsp3) is 0.562. The van der Waals surface area contributed by atoms with E-state index in [-0.39, 0.29) is 18.0 Å². The van der Waals surface area contributed by atoms with Crippen molar-refractivity contribution in [2.45, 2.75) is 44.6 Å². The van der Waals surface area contributed by atoms with Crippen LogP contribution in [-0.2, 0) is 4.79 Å². The molecular weight excluding hydrogens is 257 g/mol. The maximum atomic E-state index is 13.4. The van der Waals surface area contributed by atoms with Gasteiger partial charge in [0.05, 0.1) is 6.10 Å². The Morgan fingerprint density at radius 3 is 2.75 bits per heavy atom. The predicted molar refractivity (Wildman–Crippen MR) is 75.6 cm³/mol. The Hall–Kier alpha value is -1.42. The van der Waals surface area contributed by atoms with Gasteiger partial charge in [0, 0.05) is 18.5 Å². The van der Waals surface area contributed by atoms with E-state index in [1.165, 1.54) is 37.8 Å². The summed E-state index contributed by atoms with van der Waals surface area (Å²) in [5.74, 6) is 0.171. The minimum Gasteiger partial charge on any atom is -0.386 e. The van der Waals surface area contributed by atoms with Gasteiger partial charge in [-0.15, -0.1) is 0 Å². The van der Waals surface area contributed by atoms with Crippen LogP contribution in [0, 0.1) is 11.7 Å². The first-order chi connectivity index (χ1) is 9.66. The molecule has 1 aromatic rings. The quantitative estimate of drug-likeness (QED) is 0.841. The highest BCUT2D eigenvalue weighted by atomic mass is 19.1. The van der Waals surface area contributed by atoms with Crippen LogP contribution < -0.4 is 5.32 Å². The number of rotatable bonds is 6. The van der Waals surface area contributed by atoms with E-state index < -0.39 is 11.9 Å². The van der Waals surface area contributed by atoms with Gasteiger partial charge in [0.15, 0.2) is 0 Å². The van der Waals surface area contributed by atoms with Crippen LogP contribution in [0.3, 0.4) is 0 Å².